The van der Waals surface area contributed by atoms with Crippen LogP contribution in [0.1, 0.15) is 35.7 Å². The van der Waals surface area contributed by atoms with E-state index in [4.69, 9.17) is 16.7 Å². The van der Waals surface area contributed by atoms with Gasteiger partial charge in [0, 0.05) is 16.6 Å². The molecule has 1 atom stereocenters. The van der Waals surface area contributed by atoms with Crippen LogP contribution in [0.5, 0.6) is 0 Å². The zero-order valence-electron chi connectivity index (χ0n) is 10.4. The summed E-state index contributed by atoms with van der Waals surface area (Å²) in [5.74, 6) is -1.21. The third-order valence-corrected chi connectivity index (χ3v) is 2.93. The van der Waals surface area contributed by atoms with Crippen molar-refractivity contribution in [1.29, 1.82) is 0 Å². The Morgan fingerprint density at radius 1 is 1.44 bits per heavy atom. The van der Waals surface area contributed by atoms with Gasteiger partial charge in [0.05, 0.1) is 6.42 Å². The van der Waals surface area contributed by atoms with Gasteiger partial charge in [-0.25, -0.2) is 0 Å². The molecule has 0 saturated heterocycles. The molecule has 0 saturated carbocycles. The van der Waals surface area contributed by atoms with Gasteiger partial charge in [0.25, 0.3) is 5.91 Å². The normalized spacial score (nSPS) is 11.9. The summed E-state index contributed by atoms with van der Waals surface area (Å²) in [6, 6.07) is 4.69. The van der Waals surface area contributed by atoms with Crippen LogP contribution in [0.2, 0.25) is 5.02 Å². The molecule has 4 nitrogen and oxygen atoms in total. The van der Waals surface area contributed by atoms with Gasteiger partial charge in [-0.1, -0.05) is 24.6 Å². The minimum atomic E-state index is -0.926. The number of rotatable bonds is 5. The predicted octanol–water partition coefficient (Wildman–Crippen LogP) is 2.63. The lowest BCUT2D eigenvalue weighted by Gasteiger charge is -2.15. The number of hydrogen-bond donors (Lipinski definition) is 2. The monoisotopic (exact) mass is 269 g/mol. The van der Waals surface area contributed by atoms with E-state index in [1.165, 1.54) is 0 Å². The second-order valence-corrected chi connectivity index (χ2v) is 4.57. The fourth-order valence-electron chi connectivity index (χ4n) is 1.61. The first kappa shape index (κ1) is 14.5. The van der Waals surface area contributed by atoms with E-state index in [0.717, 1.165) is 5.56 Å². The number of aliphatic carboxylic acids is 1. The SMILES string of the molecule is CCC(CC(=O)O)NC(=O)c1cc(Cl)ccc1C. The van der Waals surface area contributed by atoms with Crippen LogP contribution in [0.4, 0.5) is 0 Å². The van der Waals surface area contributed by atoms with Crippen molar-refractivity contribution in [3.8, 4) is 0 Å². The van der Waals surface area contributed by atoms with Crippen LogP contribution in [0.3, 0.4) is 0 Å². The van der Waals surface area contributed by atoms with Gasteiger partial charge >= 0.3 is 5.97 Å². The van der Waals surface area contributed by atoms with E-state index in [2.05, 4.69) is 5.32 Å². The molecule has 98 valence electrons. The first-order valence-corrected chi connectivity index (χ1v) is 6.10. The zero-order valence-corrected chi connectivity index (χ0v) is 11.1. The number of hydrogen-bond acceptors (Lipinski definition) is 2. The average Bonchev–Trinajstić information content (AvgIpc) is 2.30. The molecule has 0 bridgehead atoms. The molecule has 2 N–H and O–H groups in total. The molecule has 1 aromatic rings. The maximum atomic E-state index is 12.0. The molecule has 1 unspecified atom stereocenters. The van der Waals surface area contributed by atoms with Gasteiger partial charge in [0.1, 0.15) is 0 Å². The summed E-state index contributed by atoms with van der Waals surface area (Å²) in [6.07, 6.45) is 0.486. The van der Waals surface area contributed by atoms with E-state index in [1.54, 1.807) is 18.2 Å². The van der Waals surface area contributed by atoms with Gasteiger partial charge in [0.2, 0.25) is 0 Å². The van der Waals surface area contributed by atoms with E-state index >= 15 is 0 Å². The lowest BCUT2D eigenvalue weighted by atomic mass is 10.1. The van der Waals surface area contributed by atoms with Crippen molar-refractivity contribution in [2.24, 2.45) is 0 Å². The molecular formula is C13H16ClNO3. The number of aryl methyl sites for hydroxylation is 1. The Balaban J connectivity index is 2.80. The number of nitrogens with one attached hydrogen (secondary N) is 1. The number of amides is 1. The number of benzene rings is 1. The molecule has 0 radical (unpaired) electrons. The van der Waals surface area contributed by atoms with Crippen LogP contribution in [0, 0.1) is 6.92 Å². The Kier molecular flexibility index (Phi) is 5.16. The molecule has 0 aliphatic carbocycles. The lowest BCUT2D eigenvalue weighted by molar-refractivity contribution is -0.137. The van der Waals surface area contributed by atoms with Gasteiger partial charge in [-0.2, -0.15) is 0 Å². The second kappa shape index (κ2) is 6.40. The van der Waals surface area contributed by atoms with E-state index in [9.17, 15) is 9.59 Å². The number of carboxylic acid groups (broad SMARTS) is 1. The van der Waals surface area contributed by atoms with Crippen molar-refractivity contribution in [1.82, 2.24) is 5.32 Å². The zero-order chi connectivity index (χ0) is 13.7. The summed E-state index contributed by atoms with van der Waals surface area (Å²) < 4.78 is 0. The van der Waals surface area contributed by atoms with E-state index in [1.807, 2.05) is 13.8 Å². The highest BCUT2D eigenvalue weighted by molar-refractivity contribution is 6.31. The second-order valence-electron chi connectivity index (χ2n) is 4.14. The minimum Gasteiger partial charge on any atom is -0.481 e. The molecule has 0 aliphatic rings. The van der Waals surface area contributed by atoms with Gasteiger partial charge in [-0.05, 0) is 31.0 Å². The topological polar surface area (TPSA) is 66.4 Å². The summed E-state index contributed by atoms with van der Waals surface area (Å²) in [5.41, 5.74) is 1.29. The summed E-state index contributed by atoms with van der Waals surface area (Å²) >= 11 is 5.84. The summed E-state index contributed by atoms with van der Waals surface area (Å²) in [5, 5.41) is 11.9. The third-order valence-electron chi connectivity index (χ3n) is 2.69. The smallest absolute Gasteiger partial charge is 0.305 e. The van der Waals surface area contributed by atoms with Crippen LogP contribution < -0.4 is 5.32 Å². The van der Waals surface area contributed by atoms with E-state index in [0.29, 0.717) is 17.0 Å². The molecule has 18 heavy (non-hydrogen) atoms. The first-order valence-electron chi connectivity index (χ1n) is 5.72. The van der Waals surface area contributed by atoms with Gasteiger partial charge in [-0.15, -0.1) is 0 Å². The van der Waals surface area contributed by atoms with Gasteiger partial charge in [0.15, 0.2) is 0 Å². The Hall–Kier alpha value is -1.55. The predicted molar refractivity (Wildman–Crippen MR) is 70.0 cm³/mol. The van der Waals surface area contributed by atoms with Crippen LogP contribution >= 0.6 is 11.6 Å². The van der Waals surface area contributed by atoms with Crippen molar-refractivity contribution < 1.29 is 14.7 Å². The number of carbonyl (C=O) groups excluding carboxylic acids is 1. The lowest BCUT2D eigenvalue weighted by Crippen LogP contribution is -2.36. The average molecular weight is 270 g/mol. The maximum Gasteiger partial charge on any atom is 0.305 e. The van der Waals surface area contributed by atoms with Crippen molar-refractivity contribution >= 4 is 23.5 Å². The van der Waals surface area contributed by atoms with Crippen molar-refractivity contribution in [3.05, 3.63) is 34.3 Å². The first-order chi connectivity index (χ1) is 8.43. The summed E-state index contributed by atoms with van der Waals surface area (Å²) in [4.78, 5) is 22.6. The molecule has 1 aromatic carbocycles. The molecule has 1 amide bonds. The van der Waals surface area contributed by atoms with Crippen LogP contribution in [0.25, 0.3) is 0 Å². The van der Waals surface area contributed by atoms with E-state index < -0.39 is 5.97 Å². The summed E-state index contributed by atoms with van der Waals surface area (Å²) in [7, 11) is 0. The number of carbonyl (C=O) groups is 2. The number of carboxylic acids is 1. The fourth-order valence-corrected chi connectivity index (χ4v) is 1.78. The maximum absolute atomic E-state index is 12.0. The highest BCUT2D eigenvalue weighted by atomic mass is 35.5. The van der Waals surface area contributed by atoms with Crippen LogP contribution in [-0.4, -0.2) is 23.0 Å². The van der Waals surface area contributed by atoms with Crippen LogP contribution in [0.15, 0.2) is 18.2 Å². The van der Waals surface area contributed by atoms with Gasteiger partial charge < -0.3 is 10.4 Å². The number of halogens is 1. The highest BCUT2D eigenvalue weighted by Crippen LogP contribution is 2.15. The molecule has 0 aliphatic heterocycles. The summed E-state index contributed by atoms with van der Waals surface area (Å²) in [6.45, 7) is 3.64. The molecule has 0 heterocycles. The largest absolute Gasteiger partial charge is 0.481 e. The standard InChI is InChI=1S/C13H16ClNO3/c1-3-10(7-12(16)17)15-13(18)11-6-9(14)5-4-8(11)2/h4-6,10H,3,7H2,1-2H3,(H,15,18)(H,16,17). The molecule has 1 rings (SSSR count). The van der Waals surface area contributed by atoms with Crippen molar-refractivity contribution in [2.75, 3.05) is 0 Å². The molecule has 0 fully saturated rings. The molecule has 0 aromatic heterocycles. The van der Waals surface area contributed by atoms with Gasteiger partial charge in [-0.3, -0.25) is 9.59 Å². The minimum absolute atomic E-state index is 0.0815. The van der Waals surface area contributed by atoms with E-state index in [-0.39, 0.29) is 18.4 Å². The highest BCUT2D eigenvalue weighted by Gasteiger charge is 2.16. The molecular weight excluding hydrogens is 254 g/mol. The fraction of sp³-hybridized carbons (Fsp3) is 0.385. The Morgan fingerprint density at radius 2 is 2.11 bits per heavy atom. The van der Waals surface area contributed by atoms with Crippen LogP contribution in [-0.2, 0) is 4.79 Å². The Labute approximate surface area is 111 Å². The van der Waals surface area contributed by atoms with Crippen molar-refractivity contribution in [2.45, 2.75) is 32.7 Å². The van der Waals surface area contributed by atoms with Crippen molar-refractivity contribution in [3.63, 3.8) is 0 Å². The molecule has 5 heteroatoms. The molecule has 0 spiro atoms. The third kappa shape index (κ3) is 4.04. The Bertz CT molecular complexity index is 460. The quantitative estimate of drug-likeness (QED) is 0.863. The Morgan fingerprint density at radius 3 is 2.67 bits per heavy atom.